The molecule has 0 radical (unpaired) electrons. The number of hydrogen-bond donors (Lipinski definition) is 1. The number of aryl methyl sites for hydroxylation is 2. The molecule has 0 saturated carbocycles. The van der Waals surface area contributed by atoms with E-state index in [2.05, 4.69) is 33.3 Å². The fourth-order valence-corrected chi connectivity index (χ4v) is 3.46. The topological polar surface area (TPSA) is 29.9 Å². The Morgan fingerprint density at radius 2 is 2.10 bits per heavy atom. The molecular formula is C15H18BrCl2N3. The lowest BCUT2D eigenvalue weighted by Gasteiger charge is -2.20. The van der Waals surface area contributed by atoms with Crippen molar-refractivity contribution in [2.45, 2.75) is 26.3 Å². The fourth-order valence-electron chi connectivity index (χ4n) is 2.42. The second-order valence-electron chi connectivity index (χ2n) is 4.95. The van der Waals surface area contributed by atoms with Gasteiger partial charge in [-0.15, -0.1) is 0 Å². The van der Waals surface area contributed by atoms with E-state index in [1.54, 1.807) is 0 Å². The zero-order chi connectivity index (χ0) is 15.6. The van der Waals surface area contributed by atoms with Crippen molar-refractivity contribution in [1.29, 1.82) is 0 Å². The van der Waals surface area contributed by atoms with Gasteiger partial charge in [-0.25, -0.2) is 0 Å². The normalized spacial score (nSPS) is 12.7. The van der Waals surface area contributed by atoms with Crippen LogP contribution in [-0.2, 0) is 13.5 Å². The standard InChI is InChI=1S/C15H18BrCl2N3/c1-4-19-13(11-6-5-10(16)7-12(11)17)8-14-15(18)9(2)20-21(14)3/h5-7,13,19H,4,8H2,1-3H3. The van der Waals surface area contributed by atoms with Crippen LogP contribution in [0.5, 0.6) is 0 Å². The first-order chi connectivity index (χ1) is 9.93. The van der Waals surface area contributed by atoms with Gasteiger partial charge in [0, 0.05) is 29.0 Å². The molecule has 0 aliphatic carbocycles. The van der Waals surface area contributed by atoms with Gasteiger partial charge in [0.2, 0.25) is 0 Å². The quantitative estimate of drug-likeness (QED) is 0.802. The van der Waals surface area contributed by atoms with Crippen molar-refractivity contribution in [1.82, 2.24) is 15.1 Å². The largest absolute Gasteiger partial charge is 0.310 e. The van der Waals surface area contributed by atoms with E-state index in [4.69, 9.17) is 23.2 Å². The van der Waals surface area contributed by atoms with Crippen molar-refractivity contribution in [2.75, 3.05) is 6.54 Å². The van der Waals surface area contributed by atoms with E-state index in [0.717, 1.165) is 44.4 Å². The number of halogens is 3. The maximum Gasteiger partial charge on any atom is 0.0847 e. The smallest absolute Gasteiger partial charge is 0.0847 e. The van der Waals surface area contributed by atoms with Crippen LogP contribution in [0.4, 0.5) is 0 Å². The van der Waals surface area contributed by atoms with Gasteiger partial charge < -0.3 is 5.32 Å². The molecule has 1 unspecified atom stereocenters. The Morgan fingerprint density at radius 1 is 1.38 bits per heavy atom. The molecule has 0 fully saturated rings. The second-order valence-corrected chi connectivity index (χ2v) is 6.65. The van der Waals surface area contributed by atoms with Gasteiger partial charge in [0.05, 0.1) is 16.4 Å². The van der Waals surface area contributed by atoms with Crippen LogP contribution in [0.2, 0.25) is 10.0 Å². The molecule has 6 heteroatoms. The SMILES string of the molecule is CCNC(Cc1c(Cl)c(C)nn1C)c1ccc(Br)cc1Cl. The highest BCUT2D eigenvalue weighted by Gasteiger charge is 2.20. The van der Waals surface area contributed by atoms with Crippen molar-refractivity contribution in [2.24, 2.45) is 7.05 Å². The van der Waals surface area contributed by atoms with Crippen molar-refractivity contribution < 1.29 is 0 Å². The number of rotatable bonds is 5. The summed E-state index contributed by atoms with van der Waals surface area (Å²) in [5.74, 6) is 0. The monoisotopic (exact) mass is 389 g/mol. The molecular weight excluding hydrogens is 373 g/mol. The predicted octanol–water partition coefficient (Wildman–Crippen LogP) is 4.69. The summed E-state index contributed by atoms with van der Waals surface area (Å²) in [5, 5.41) is 9.31. The van der Waals surface area contributed by atoms with Crippen molar-refractivity contribution in [3.05, 3.63) is 49.7 Å². The Bertz CT molecular complexity index is 640. The minimum Gasteiger partial charge on any atom is -0.310 e. The lowest BCUT2D eigenvalue weighted by atomic mass is 10.0. The van der Waals surface area contributed by atoms with E-state index < -0.39 is 0 Å². The Hall–Kier alpha value is -0.550. The third kappa shape index (κ3) is 3.81. The highest BCUT2D eigenvalue weighted by molar-refractivity contribution is 9.10. The summed E-state index contributed by atoms with van der Waals surface area (Å²) in [6.07, 6.45) is 0.741. The molecule has 0 aliphatic rings. The molecule has 0 bridgehead atoms. The minimum absolute atomic E-state index is 0.0999. The lowest BCUT2D eigenvalue weighted by Crippen LogP contribution is -2.24. The number of nitrogens with one attached hydrogen (secondary N) is 1. The molecule has 0 aliphatic heterocycles. The summed E-state index contributed by atoms with van der Waals surface area (Å²) in [7, 11) is 1.92. The average molecular weight is 391 g/mol. The highest BCUT2D eigenvalue weighted by atomic mass is 79.9. The lowest BCUT2D eigenvalue weighted by molar-refractivity contribution is 0.529. The van der Waals surface area contributed by atoms with Crippen molar-refractivity contribution >= 4 is 39.1 Å². The zero-order valence-corrected chi connectivity index (χ0v) is 15.3. The molecule has 114 valence electrons. The van der Waals surface area contributed by atoms with E-state index in [1.165, 1.54) is 0 Å². The summed E-state index contributed by atoms with van der Waals surface area (Å²) in [6.45, 7) is 4.85. The molecule has 2 rings (SSSR count). The van der Waals surface area contributed by atoms with E-state index >= 15 is 0 Å². The van der Waals surface area contributed by atoms with Gasteiger partial charge in [0.25, 0.3) is 0 Å². The summed E-state index contributed by atoms with van der Waals surface area (Å²) in [5.41, 5.74) is 2.93. The van der Waals surface area contributed by atoms with Gasteiger partial charge in [-0.1, -0.05) is 52.1 Å². The van der Waals surface area contributed by atoms with Crippen LogP contribution in [0.25, 0.3) is 0 Å². The van der Waals surface area contributed by atoms with Crippen LogP contribution in [0.15, 0.2) is 22.7 Å². The average Bonchev–Trinajstić information content (AvgIpc) is 2.65. The Morgan fingerprint density at radius 3 is 2.62 bits per heavy atom. The summed E-state index contributed by atoms with van der Waals surface area (Å²) < 4.78 is 2.82. The van der Waals surface area contributed by atoms with Crippen molar-refractivity contribution in [3.8, 4) is 0 Å². The second kappa shape index (κ2) is 7.14. The predicted molar refractivity (Wildman–Crippen MR) is 92.2 cm³/mol. The first-order valence-corrected chi connectivity index (χ1v) is 8.35. The molecule has 1 N–H and O–H groups in total. The van der Waals surface area contributed by atoms with E-state index in [-0.39, 0.29) is 6.04 Å². The van der Waals surface area contributed by atoms with E-state index in [1.807, 2.05) is 36.9 Å². The van der Waals surface area contributed by atoms with Gasteiger partial charge in [-0.2, -0.15) is 5.10 Å². The third-order valence-electron chi connectivity index (χ3n) is 3.45. The number of hydrogen-bond acceptors (Lipinski definition) is 2. The van der Waals surface area contributed by atoms with Gasteiger partial charge in [0.1, 0.15) is 0 Å². The van der Waals surface area contributed by atoms with E-state index in [0.29, 0.717) is 0 Å². The summed E-state index contributed by atoms with van der Waals surface area (Å²) in [4.78, 5) is 0. The van der Waals surface area contributed by atoms with Crippen molar-refractivity contribution in [3.63, 3.8) is 0 Å². The number of benzene rings is 1. The maximum atomic E-state index is 6.39. The highest BCUT2D eigenvalue weighted by Crippen LogP contribution is 2.31. The Labute approximate surface area is 143 Å². The van der Waals surface area contributed by atoms with Gasteiger partial charge in [-0.05, 0) is 31.2 Å². The number of likely N-dealkylation sites (N-methyl/N-ethyl adjacent to an activating group) is 1. The van der Waals surface area contributed by atoms with Crippen LogP contribution in [0.1, 0.15) is 29.9 Å². The van der Waals surface area contributed by atoms with Crippen LogP contribution in [0, 0.1) is 6.92 Å². The molecule has 0 spiro atoms. The molecule has 2 aromatic rings. The number of nitrogens with zero attached hydrogens (tertiary/aromatic N) is 2. The zero-order valence-electron chi connectivity index (χ0n) is 12.3. The molecule has 0 saturated heterocycles. The van der Waals surface area contributed by atoms with Gasteiger partial charge >= 0.3 is 0 Å². The van der Waals surface area contributed by atoms with Gasteiger partial charge in [0.15, 0.2) is 0 Å². The third-order valence-corrected chi connectivity index (χ3v) is 4.76. The van der Waals surface area contributed by atoms with Crippen LogP contribution < -0.4 is 5.32 Å². The summed E-state index contributed by atoms with van der Waals surface area (Å²) in [6, 6.07) is 6.05. The molecule has 21 heavy (non-hydrogen) atoms. The molecule has 0 amide bonds. The first-order valence-electron chi connectivity index (χ1n) is 6.80. The Kier molecular flexibility index (Phi) is 5.72. The molecule has 1 aromatic carbocycles. The fraction of sp³-hybridized carbons (Fsp3) is 0.400. The van der Waals surface area contributed by atoms with Crippen LogP contribution in [-0.4, -0.2) is 16.3 Å². The molecule has 1 aromatic heterocycles. The minimum atomic E-state index is 0.0999. The first kappa shape index (κ1) is 16.8. The molecule has 3 nitrogen and oxygen atoms in total. The van der Waals surface area contributed by atoms with Crippen LogP contribution >= 0.6 is 39.1 Å². The van der Waals surface area contributed by atoms with Crippen LogP contribution in [0.3, 0.4) is 0 Å². The molecule has 1 heterocycles. The Balaban J connectivity index is 2.35. The number of aromatic nitrogens is 2. The molecule has 1 atom stereocenters. The maximum absolute atomic E-state index is 6.39. The van der Waals surface area contributed by atoms with Gasteiger partial charge in [-0.3, -0.25) is 4.68 Å². The summed E-state index contributed by atoms with van der Waals surface area (Å²) >= 11 is 16.2. The van der Waals surface area contributed by atoms with E-state index in [9.17, 15) is 0 Å².